The molecule has 39 heavy (non-hydrogen) atoms. The molecular formula is C32H38ClNO5. The molecule has 1 N–H and O–H groups in total. The van der Waals surface area contributed by atoms with E-state index in [4.69, 9.17) is 21.1 Å². The van der Waals surface area contributed by atoms with E-state index in [2.05, 4.69) is 38.1 Å². The molecule has 0 saturated carbocycles. The van der Waals surface area contributed by atoms with Gasteiger partial charge in [-0.15, -0.1) is 0 Å². The van der Waals surface area contributed by atoms with Gasteiger partial charge in [-0.1, -0.05) is 80.9 Å². The summed E-state index contributed by atoms with van der Waals surface area (Å²) in [7, 11) is 0. The van der Waals surface area contributed by atoms with Crippen LogP contribution in [0.25, 0.3) is 0 Å². The summed E-state index contributed by atoms with van der Waals surface area (Å²) >= 11 is 6.05. The third-order valence-corrected chi connectivity index (χ3v) is 6.98. The minimum Gasteiger partial charge on any atom is -0.484 e. The van der Waals surface area contributed by atoms with E-state index in [0.29, 0.717) is 42.8 Å². The van der Waals surface area contributed by atoms with Crippen LogP contribution < -0.4 is 4.74 Å². The predicted octanol–water partition coefficient (Wildman–Crippen LogP) is 7.05. The highest BCUT2D eigenvalue weighted by molar-refractivity contribution is 6.30. The lowest BCUT2D eigenvalue weighted by Gasteiger charge is -2.24. The monoisotopic (exact) mass is 551 g/mol. The van der Waals surface area contributed by atoms with Gasteiger partial charge in [-0.3, -0.25) is 4.79 Å². The molecule has 0 radical (unpaired) electrons. The lowest BCUT2D eigenvalue weighted by molar-refractivity contribution is -0.151. The second kappa shape index (κ2) is 14.7. The number of aliphatic carboxylic acids is 1. The molecule has 3 aromatic carbocycles. The summed E-state index contributed by atoms with van der Waals surface area (Å²) in [6.45, 7) is 9.12. The van der Waals surface area contributed by atoms with Crippen LogP contribution in [0.1, 0.15) is 68.2 Å². The normalized spacial score (nSPS) is 12.7. The number of hydrogen-bond donors (Lipinski definition) is 1. The number of halogens is 1. The molecule has 0 aliphatic carbocycles. The van der Waals surface area contributed by atoms with Crippen molar-refractivity contribution in [3.05, 3.63) is 100 Å². The molecular weight excluding hydrogens is 514 g/mol. The van der Waals surface area contributed by atoms with Crippen LogP contribution in [0.15, 0.2) is 72.8 Å². The molecule has 0 fully saturated rings. The minimum atomic E-state index is -0.978. The molecule has 0 heterocycles. The van der Waals surface area contributed by atoms with Crippen LogP contribution in [-0.2, 0) is 27.4 Å². The van der Waals surface area contributed by atoms with Crippen molar-refractivity contribution < 1.29 is 24.2 Å². The molecule has 6 nitrogen and oxygen atoms in total. The Balaban J connectivity index is 1.70. The third-order valence-electron chi connectivity index (χ3n) is 6.72. The molecule has 3 rings (SSSR count). The van der Waals surface area contributed by atoms with Crippen LogP contribution in [0.4, 0.5) is 0 Å². The van der Waals surface area contributed by atoms with Crippen LogP contribution in [0.2, 0.25) is 5.02 Å². The highest BCUT2D eigenvalue weighted by Crippen LogP contribution is 2.28. The van der Waals surface area contributed by atoms with E-state index < -0.39 is 12.1 Å². The molecule has 0 aliphatic heterocycles. The van der Waals surface area contributed by atoms with Crippen molar-refractivity contribution in [2.75, 3.05) is 13.2 Å². The highest BCUT2D eigenvalue weighted by atomic mass is 35.5. The molecule has 208 valence electrons. The van der Waals surface area contributed by atoms with Gasteiger partial charge >= 0.3 is 5.97 Å². The third kappa shape index (κ3) is 8.84. The van der Waals surface area contributed by atoms with Gasteiger partial charge in [0, 0.05) is 30.6 Å². The number of nitrogens with zero attached hydrogens (tertiary/aromatic N) is 1. The first kappa shape index (κ1) is 30.2. The lowest BCUT2D eigenvalue weighted by atomic mass is 9.91. The largest absolute Gasteiger partial charge is 0.484 e. The fourth-order valence-electron chi connectivity index (χ4n) is 4.48. The Bertz CT molecular complexity index is 1190. The Kier molecular flexibility index (Phi) is 11.4. The van der Waals surface area contributed by atoms with Gasteiger partial charge in [0.1, 0.15) is 5.75 Å². The average molecular weight is 552 g/mol. The zero-order chi connectivity index (χ0) is 28.4. The van der Waals surface area contributed by atoms with Gasteiger partial charge in [0.05, 0.1) is 0 Å². The number of carboxylic acids is 1. The van der Waals surface area contributed by atoms with Gasteiger partial charge in [-0.2, -0.15) is 0 Å². The minimum absolute atomic E-state index is 0.120. The molecule has 0 saturated heterocycles. The fourth-order valence-corrected chi connectivity index (χ4v) is 4.61. The number of benzene rings is 3. The van der Waals surface area contributed by atoms with Crippen molar-refractivity contribution in [3.8, 4) is 5.75 Å². The Morgan fingerprint density at radius 1 is 0.846 bits per heavy atom. The van der Waals surface area contributed by atoms with Gasteiger partial charge in [0.25, 0.3) is 5.91 Å². The molecule has 0 aromatic heterocycles. The van der Waals surface area contributed by atoms with Crippen molar-refractivity contribution >= 4 is 23.5 Å². The summed E-state index contributed by atoms with van der Waals surface area (Å²) in [5.41, 5.74) is 4.12. The Hall–Kier alpha value is -3.35. The van der Waals surface area contributed by atoms with Crippen LogP contribution in [0.5, 0.6) is 5.75 Å². The van der Waals surface area contributed by atoms with Gasteiger partial charge in [-0.05, 0) is 65.8 Å². The number of ether oxygens (including phenoxy) is 2. The Morgan fingerprint density at radius 3 is 1.87 bits per heavy atom. The molecule has 0 spiro atoms. The summed E-state index contributed by atoms with van der Waals surface area (Å²) in [6, 6.07) is 23.0. The quantitative estimate of drug-likeness (QED) is 0.232. The molecule has 2 atom stereocenters. The van der Waals surface area contributed by atoms with Crippen LogP contribution in [-0.4, -0.2) is 41.2 Å². The van der Waals surface area contributed by atoms with Crippen molar-refractivity contribution in [2.24, 2.45) is 0 Å². The molecule has 1 unspecified atom stereocenters. The number of carbonyl (C=O) groups is 2. The first-order chi connectivity index (χ1) is 18.7. The van der Waals surface area contributed by atoms with Crippen molar-refractivity contribution in [3.63, 3.8) is 0 Å². The maximum atomic E-state index is 13.3. The fraction of sp³-hybridized carbons (Fsp3) is 0.375. The maximum absolute atomic E-state index is 13.3. The van der Waals surface area contributed by atoms with Gasteiger partial charge in [0.2, 0.25) is 0 Å². The summed E-state index contributed by atoms with van der Waals surface area (Å²) in [6.07, 6.45) is -0.294. The number of rotatable bonds is 14. The SMILES string of the molecule is CCO[C@H](C(=O)O)C(CC)c1ccc(OCC(=O)N(Cc2ccc(Cl)cc2)Cc2ccc(C(C)C)cc2)cc1. The molecule has 1 amide bonds. The van der Waals surface area contributed by atoms with E-state index in [0.717, 1.165) is 16.7 Å². The number of hydrogen-bond acceptors (Lipinski definition) is 4. The van der Waals surface area contributed by atoms with E-state index in [1.807, 2.05) is 43.3 Å². The Labute approximate surface area is 236 Å². The molecule has 0 aliphatic rings. The van der Waals surface area contributed by atoms with Gasteiger partial charge in [-0.25, -0.2) is 4.79 Å². The standard InChI is InChI=1S/C32H38ClNO5/c1-5-29(31(32(36)37)38-6-2)26-13-17-28(18-14-26)39-21-30(35)34(20-24-9-15-27(33)16-10-24)19-23-7-11-25(12-8-23)22(3)4/h7-18,22,29,31H,5-6,19-21H2,1-4H3,(H,36,37)/t29?,31-/m0/s1. The summed E-state index contributed by atoms with van der Waals surface area (Å²) in [4.78, 5) is 26.8. The van der Waals surface area contributed by atoms with Crippen molar-refractivity contribution in [1.29, 1.82) is 0 Å². The van der Waals surface area contributed by atoms with Crippen LogP contribution in [0.3, 0.4) is 0 Å². The predicted molar refractivity (Wildman–Crippen MR) is 154 cm³/mol. The summed E-state index contributed by atoms with van der Waals surface area (Å²) in [5, 5.41) is 10.2. The van der Waals surface area contributed by atoms with Crippen LogP contribution in [0, 0.1) is 0 Å². The first-order valence-corrected chi connectivity index (χ1v) is 13.8. The van der Waals surface area contributed by atoms with Crippen LogP contribution >= 0.6 is 11.6 Å². The second-order valence-electron chi connectivity index (χ2n) is 9.86. The zero-order valence-corrected chi connectivity index (χ0v) is 23.9. The van der Waals surface area contributed by atoms with E-state index in [1.54, 1.807) is 24.0 Å². The second-order valence-corrected chi connectivity index (χ2v) is 10.3. The molecule has 7 heteroatoms. The van der Waals surface area contributed by atoms with E-state index >= 15 is 0 Å². The topological polar surface area (TPSA) is 76.1 Å². The highest BCUT2D eigenvalue weighted by Gasteiger charge is 2.28. The molecule has 3 aromatic rings. The zero-order valence-electron chi connectivity index (χ0n) is 23.1. The summed E-state index contributed by atoms with van der Waals surface area (Å²) < 4.78 is 11.3. The smallest absolute Gasteiger partial charge is 0.333 e. The number of amides is 1. The van der Waals surface area contributed by atoms with E-state index in [9.17, 15) is 14.7 Å². The Morgan fingerprint density at radius 2 is 1.38 bits per heavy atom. The first-order valence-electron chi connectivity index (χ1n) is 13.4. The van der Waals surface area contributed by atoms with Crippen molar-refractivity contribution in [2.45, 2.75) is 65.1 Å². The van der Waals surface area contributed by atoms with Gasteiger partial charge < -0.3 is 19.5 Å². The van der Waals surface area contributed by atoms with Gasteiger partial charge in [0.15, 0.2) is 12.7 Å². The molecule has 0 bridgehead atoms. The van der Waals surface area contributed by atoms with E-state index in [-0.39, 0.29) is 18.4 Å². The summed E-state index contributed by atoms with van der Waals surface area (Å²) in [5.74, 6) is -0.426. The average Bonchev–Trinajstić information content (AvgIpc) is 2.93. The van der Waals surface area contributed by atoms with Crippen molar-refractivity contribution in [1.82, 2.24) is 4.90 Å². The van der Waals surface area contributed by atoms with E-state index in [1.165, 1.54) is 5.56 Å². The number of carbonyl (C=O) groups excluding carboxylic acids is 1. The lowest BCUT2D eigenvalue weighted by Crippen LogP contribution is -2.34. The maximum Gasteiger partial charge on any atom is 0.333 e. The number of carboxylic acid groups (broad SMARTS) is 1.